The lowest BCUT2D eigenvalue weighted by molar-refractivity contribution is 0.167. The normalized spacial score (nSPS) is 19.1. The highest BCUT2D eigenvalue weighted by molar-refractivity contribution is 5.67. The second-order valence-corrected chi connectivity index (χ2v) is 3.87. The van der Waals surface area contributed by atoms with Gasteiger partial charge in [0.15, 0.2) is 0 Å². The first-order valence-electron chi connectivity index (χ1n) is 5.33. The molecule has 2 rings (SSSR count). The predicted octanol–water partition coefficient (Wildman–Crippen LogP) is -0.295. The number of hydrogen-bond donors (Lipinski definition) is 2. The van der Waals surface area contributed by atoms with Gasteiger partial charge in [-0.05, 0) is 6.42 Å². The number of alkyl carbamates (subject to hydrolysis) is 1. The van der Waals surface area contributed by atoms with Crippen LogP contribution in [0.3, 0.4) is 0 Å². The standard InChI is InChI=1S/C10H14N4O3/c1-17-10(16)12-7-2-3-14(6-7)8-4-9(15)13-11-5-8/h4-5,7H,2-3,6H2,1H3,(H,12,16)(H,13,15). The summed E-state index contributed by atoms with van der Waals surface area (Å²) >= 11 is 0. The smallest absolute Gasteiger partial charge is 0.407 e. The summed E-state index contributed by atoms with van der Waals surface area (Å²) < 4.78 is 4.54. The van der Waals surface area contributed by atoms with Crippen LogP contribution in [0.4, 0.5) is 10.5 Å². The molecule has 7 heteroatoms. The lowest BCUT2D eigenvalue weighted by atomic mass is 10.3. The summed E-state index contributed by atoms with van der Waals surface area (Å²) in [6.07, 6.45) is 1.99. The van der Waals surface area contributed by atoms with Gasteiger partial charge in [-0.1, -0.05) is 0 Å². The summed E-state index contributed by atoms with van der Waals surface area (Å²) in [5.74, 6) is 0. The first kappa shape index (κ1) is 11.4. The van der Waals surface area contributed by atoms with Crippen molar-refractivity contribution in [3.63, 3.8) is 0 Å². The third kappa shape index (κ3) is 2.74. The van der Waals surface area contributed by atoms with E-state index < -0.39 is 6.09 Å². The molecule has 2 N–H and O–H groups in total. The molecule has 1 aromatic heterocycles. The minimum atomic E-state index is -0.430. The molecule has 0 saturated carbocycles. The summed E-state index contributed by atoms with van der Waals surface area (Å²) in [5.41, 5.74) is 0.537. The van der Waals surface area contributed by atoms with E-state index in [9.17, 15) is 9.59 Å². The van der Waals surface area contributed by atoms with Crippen molar-refractivity contribution in [2.45, 2.75) is 12.5 Å². The van der Waals surface area contributed by atoms with E-state index in [1.165, 1.54) is 13.2 Å². The molecule has 17 heavy (non-hydrogen) atoms. The maximum Gasteiger partial charge on any atom is 0.407 e. The van der Waals surface area contributed by atoms with Gasteiger partial charge in [-0.3, -0.25) is 4.79 Å². The first-order chi connectivity index (χ1) is 8.19. The Morgan fingerprint density at radius 2 is 2.53 bits per heavy atom. The largest absolute Gasteiger partial charge is 0.453 e. The molecule has 1 unspecified atom stereocenters. The number of aromatic nitrogens is 2. The Hall–Kier alpha value is -2.05. The summed E-state index contributed by atoms with van der Waals surface area (Å²) in [5, 5.41) is 8.80. The Bertz CT molecular complexity index is 459. The molecule has 0 radical (unpaired) electrons. The molecule has 0 bridgehead atoms. The van der Waals surface area contributed by atoms with Gasteiger partial charge in [0.05, 0.1) is 25.0 Å². The molecule has 0 aliphatic carbocycles. The van der Waals surface area contributed by atoms with Crippen LogP contribution in [0.1, 0.15) is 6.42 Å². The van der Waals surface area contributed by atoms with Crippen LogP contribution in [0.25, 0.3) is 0 Å². The van der Waals surface area contributed by atoms with Crippen molar-refractivity contribution in [2.24, 2.45) is 0 Å². The van der Waals surface area contributed by atoms with Crippen LogP contribution in [0, 0.1) is 0 Å². The zero-order valence-electron chi connectivity index (χ0n) is 9.47. The van der Waals surface area contributed by atoms with Gasteiger partial charge in [-0.25, -0.2) is 9.89 Å². The van der Waals surface area contributed by atoms with Gasteiger partial charge in [0.1, 0.15) is 0 Å². The molecule has 1 fully saturated rings. The molecular weight excluding hydrogens is 224 g/mol. The van der Waals surface area contributed by atoms with Crippen molar-refractivity contribution in [2.75, 3.05) is 25.1 Å². The number of nitrogens with zero attached hydrogens (tertiary/aromatic N) is 2. The van der Waals surface area contributed by atoms with Gasteiger partial charge in [0.25, 0.3) is 5.56 Å². The van der Waals surface area contributed by atoms with Gasteiger partial charge in [0.2, 0.25) is 0 Å². The number of hydrogen-bond acceptors (Lipinski definition) is 5. The molecule has 1 aromatic rings. The Morgan fingerprint density at radius 3 is 3.24 bits per heavy atom. The number of anilines is 1. The number of aromatic amines is 1. The molecule has 1 amide bonds. The number of ether oxygens (including phenoxy) is 1. The average Bonchev–Trinajstić information content (AvgIpc) is 2.77. The molecule has 92 valence electrons. The van der Waals surface area contributed by atoms with Crippen molar-refractivity contribution in [3.8, 4) is 0 Å². The number of carbonyl (C=O) groups excluding carboxylic acids is 1. The number of rotatable bonds is 2. The van der Waals surface area contributed by atoms with E-state index in [1.54, 1.807) is 6.20 Å². The molecular formula is C10H14N4O3. The number of nitrogens with one attached hydrogen (secondary N) is 2. The van der Waals surface area contributed by atoms with Gasteiger partial charge in [-0.15, -0.1) is 0 Å². The molecule has 1 saturated heterocycles. The van der Waals surface area contributed by atoms with Crippen LogP contribution in [0.15, 0.2) is 17.1 Å². The molecule has 1 aliphatic rings. The topological polar surface area (TPSA) is 87.3 Å². The van der Waals surface area contributed by atoms with Crippen LogP contribution in [0.5, 0.6) is 0 Å². The predicted molar refractivity (Wildman–Crippen MR) is 61.0 cm³/mol. The van der Waals surface area contributed by atoms with E-state index in [0.29, 0.717) is 6.54 Å². The van der Waals surface area contributed by atoms with Gasteiger partial charge < -0.3 is 15.0 Å². The fourth-order valence-corrected chi connectivity index (χ4v) is 1.88. The zero-order valence-corrected chi connectivity index (χ0v) is 9.47. The first-order valence-corrected chi connectivity index (χ1v) is 5.33. The highest BCUT2D eigenvalue weighted by Gasteiger charge is 2.24. The zero-order chi connectivity index (χ0) is 12.3. The number of amides is 1. The fraction of sp³-hybridized carbons (Fsp3) is 0.500. The summed E-state index contributed by atoms with van der Waals surface area (Å²) in [7, 11) is 1.34. The third-order valence-electron chi connectivity index (χ3n) is 2.71. The second-order valence-electron chi connectivity index (χ2n) is 3.87. The molecule has 1 atom stereocenters. The summed E-state index contributed by atoms with van der Waals surface area (Å²) in [4.78, 5) is 24.2. The SMILES string of the molecule is COC(=O)NC1CCN(c2cn[nH]c(=O)c2)C1. The quantitative estimate of drug-likeness (QED) is 0.739. The van der Waals surface area contributed by atoms with Crippen LogP contribution in [-0.2, 0) is 4.74 Å². The molecule has 0 aromatic carbocycles. The van der Waals surface area contributed by atoms with Gasteiger partial charge in [-0.2, -0.15) is 5.10 Å². The van der Waals surface area contributed by atoms with E-state index in [4.69, 9.17) is 0 Å². The Labute approximate surface area is 97.8 Å². The van der Waals surface area contributed by atoms with Gasteiger partial charge in [0, 0.05) is 19.2 Å². The third-order valence-corrected chi connectivity index (χ3v) is 2.71. The lowest BCUT2D eigenvalue weighted by Crippen LogP contribution is -2.37. The lowest BCUT2D eigenvalue weighted by Gasteiger charge is -2.17. The van der Waals surface area contributed by atoms with Gasteiger partial charge >= 0.3 is 6.09 Å². The maximum absolute atomic E-state index is 11.1. The van der Waals surface area contributed by atoms with Crippen LogP contribution in [0.2, 0.25) is 0 Å². The Morgan fingerprint density at radius 1 is 1.71 bits per heavy atom. The molecule has 2 heterocycles. The monoisotopic (exact) mass is 238 g/mol. The van der Waals surface area contributed by atoms with Crippen LogP contribution < -0.4 is 15.8 Å². The van der Waals surface area contributed by atoms with Crippen LogP contribution >= 0.6 is 0 Å². The molecule has 0 spiro atoms. The second kappa shape index (κ2) is 4.86. The highest BCUT2D eigenvalue weighted by Crippen LogP contribution is 2.17. The minimum absolute atomic E-state index is 0.0433. The highest BCUT2D eigenvalue weighted by atomic mass is 16.5. The Kier molecular flexibility index (Phi) is 3.27. The molecule has 7 nitrogen and oxygen atoms in total. The van der Waals surface area contributed by atoms with E-state index in [-0.39, 0.29) is 11.6 Å². The Balaban J connectivity index is 1.98. The number of methoxy groups -OCH3 is 1. The van der Waals surface area contributed by atoms with E-state index in [2.05, 4.69) is 20.3 Å². The van der Waals surface area contributed by atoms with Crippen molar-refractivity contribution in [3.05, 3.63) is 22.6 Å². The summed E-state index contributed by atoms with van der Waals surface area (Å²) in [6, 6.07) is 1.54. The van der Waals surface area contributed by atoms with Crippen molar-refractivity contribution >= 4 is 11.8 Å². The summed E-state index contributed by atoms with van der Waals surface area (Å²) in [6.45, 7) is 1.43. The minimum Gasteiger partial charge on any atom is -0.453 e. The average molecular weight is 238 g/mol. The van der Waals surface area contributed by atoms with Crippen molar-refractivity contribution in [1.29, 1.82) is 0 Å². The van der Waals surface area contributed by atoms with Crippen LogP contribution in [-0.4, -0.2) is 42.5 Å². The number of H-pyrrole nitrogens is 1. The van der Waals surface area contributed by atoms with Crippen molar-refractivity contribution < 1.29 is 9.53 Å². The van der Waals surface area contributed by atoms with Crippen molar-refractivity contribution in [1.82, 2.24) is 15.5 Å². The van der Waals surface area contributed by atoms with E-state index in [0.717, 1.165) is 18.7 Å². The number of carbonyl (C=O) groups is 1. The maximum atomic E-state index is 11.1. The van der Waals surface area contributed by atoms with E-state index >= 15 is 0 Å². The molecule has 1 aliphatic heterocycles. The van der Waals surface area contributed by atoms with E-state index in [1.807, 2.05) is 4.90 Å². The fourth-order valence-electron chi connectivity index (χ4n) is 1.88.